The lowest BCUT2D eigenvalue weighted by molar-refractivity contribution is -0.139. The molecule has 1 heterocycles. The second-order valence-corrected chi connectivity index (χ2v) is 6.71. The quantitative estimate of drug-likeness (QED) is 0.788. The summed E-state index contributed by atoms with van der Waals surface area (Å²) in [5.41, 5.74) is 2.88. The molecule has 1 aromatic carbocycles. The minimum absolute atomic E-state index is 0.0685. The maximum atomic E-state index is 12.6. The molecule has 0 bridgehead atoms. The minimum atomic E-state index is -0.343. The number of esters is 1. The van der Waals surface area contributed by atoms with Gasteiger partial charge < -0.3 is 9.64 Å². The third-order valence-electron chi connectivity index (χ3n) is 4.24. The van der Waals surface area contributed by atoms with Gasteiger partial charge in [-0.25, -0.2) is 0 Å². The van der Waals surface area contributed by atoms with E-state index >= 15 is 0 Å². The summed E-state index contributed by atoms with van der Waals surface area (Å²) >= 11 is 0. The highest BCUT2D eigenvalue weighted by atomic mass is 16.5. The second-order valence-electron chi connectivity index (χ2n) is 6.71. The number of ketones is 1. The van der Waals surface area contributed by atoms with Gasteiger partial charge in [0.15, 0.2) is 5.78 Å². The molecule has 1 aliphatic carbocycles. The van der Waals surface area contributed by atoms with Gasteiger partial charge in [-0.2, -0.15) is 0 Å². The van der Waals surface area contributed by atoms with Crippen LogP contribution in [0.5, 0.6) is 0 Å². The Balaban J connectivity index is 2.15. The van der Waals surface area contributed by atoms with Gasteiger partial charge in [0.2, 0.25) is 0 Å². The average Bonchev–Trinajstić information content (AvgIpc) is 2.64. The summed E-state index contributed by atoms with van der Waals surface area (Å²) in [7, 11) is 1.37. The Labute approximate surface area is 135 Å². The van der Waals surface area contributed by atoms with Crippen LogP contribution in [-0.2, 0) is 14.3 Å². The molecule has 0 N–H and O–H groups in total. The van der Waals surface area contributed by atoms with Crippen molar-refractivity contribution in [3.05, 3.63) is 35.5 Å². The fraction of sp³-hybridized carbons (Fsp3) is 0.389. The Morgan fingerprint density at radius 3 is 2.78 bits per heavy atom. The van der Waals surface area contributed by atoms with Gasteiger partial charge in [0.25, 0.3) is 0 Å². The number of Topliss-reactive ketones (excluding diaryl/α,β-unsaturated/α-hetero) is 1. The maximum Gasteiger partial charge on any atom is 0.325 e. The molecule has 0 saturated heterocycles. The molecule has 1 aromatic rings. The van der Waals surface area contributed by atoms with E-state index in [0.717, 1.165) is 17.1 Å². The molecule has 0 saturated carbocycles. The van der Waals surface area contributed by atoms with Crippen LogP contribution in [0.1, 0.15) is 26.7 Å². The molecule has 3 rings (SSSR count). The van der Waals surface area contributed by atoms with Crippen LogP contribution in [-0.4, -0.2) is 31.6 Å². The lowest BCUT2D eigenvalue weighted by Gasteiger charge is -2.36. The molecule has 0 radical (unpaired) electrons. The van der Waals surface area contributed by atoms with Crippen molar-refractivity contribution in [3.8, 4) is 0 Å². The SMILES string of the molecule is COC(=O)CN1C2=C(C=Nc3ccccc31)C(=O)CC(C)(C)C2. The lowest BCUT2D eigenvalue weighted by Crippen LogP contribution is -2.37. The number of ether oxygens (including phenoxy) is 1. The van der Waals surface area contributed by atoms with Crippen molar-refractivity contribution in [2.75, 3.05) is 18.6 Å². The molecule has 0 fully saturated rings. The van der Waals surface area contributed by atoms with E-state index < -0.39 is 0 Å². The predicted octanol–water partition coefficient (Wildman–Crippen LogP) is 3.03. The monoisotopic (exact) mass is 312 g/mol. The number of aliphatic imine (C=N–C) groups is 1. The third-order valence-corrected chi connectivity index (χ3v) is 4.24. The van der Waals surface area contributed by atoms with E-state index in [1.165, 1.54) is 7.11 Å². The summed E-state index contributed by atoms with van der Waals surface area (Å²) in [6.07, 6.45) is 2.84. The van der Waals surface area contributed by atoms with Crippen molar-refractivity contribution in [2.45, 2.75) is 26.7 Å². The zero-order chi connectivity index (χ0) is 16.6. The highest BCUT2D eigenvalue weighted by molar-refractivity contribution is 6.16. The van der Waals surface area contributed by atoms with Gasteiger partial charge in [0, 0.05) is 18.3 Å². The summed E-state index contributed by atoms with van der Waals surface area (Å²) < 4.78 is 4.84. The first-order valence-electron chi connectivity index (χ1n) is 7.65. The maximum absolute atomic E-state index is 12.6. The number of hydrogen-bond donors (Lipinski definition) is 0. The lowest BCUT2D eigenvalue weighted by atomic mass is 9.75. The first kappa shape index (κ1) is 15.5. The molecular formula is C18H20N2O3. The molecule has 0 amide bonds. The Kier molecular flexibility index (Phi) is 3.80. The molecule has 5 heteroatoms. The summed E-state index contributed by atoms with van der Waals surface area (Å²) in [6, 6.07) is 7.59. The Morgan fingerprint density at radius 1 is 1.30 bits per heavy atom. The number of nitrogens with zero attached hydrogens (tertiary/aromatic N) is 2. The summed E-state index contributed by atoms with van der Waals surface area (Å²) in [5, 5.41) is 0. The van der Waals surface area contributed by atoms with E-state index in [9.17, 15) is 9.59 Å². The van der Waals surface area contributed by atoms with Gasteiger partial charge in [-0.05, 0) is 24.0 Å². The van der Waals surface area contributed by atoms with Gasteiger partial charge in [0.1, 0.15) is 6.54 Å². The van der Waals surface area contributed by atoms with Crippen LogP contribution in [0.15, 0.2) is 40.5 Å². The first-order chi connectivity index (χ1) is 10.9. The predicted molar refractivity (Wildman–Crippen MR) is 89.0 cm³/mol. The normalized spacial score (nSPS) is 19.1. The van der Waals surface area contributed by atoms with Crippen LogP contribution >= 0.6 is 0 Å². The smallest absolute Gasteiger partial charge is 0.325 e. The standard InChI is InChI=1S/C18H20N2O3/c1-18(2)8-15-12(16(21)9-18)10-19-13-6-4-5-7-14(13)20(15)11-17(22)23-3/h4-7,10H,8-9,11H2,1-3H3. The molecule has 0 atom stereocenters. The summed E-state index contributed by atoms with van der Waals surface area (Å²) in [6.45, 7) is 4.21. The van der Waals surface area contributed by atoms with Gasteiger partial charge in [-0.1, -0.05) is 26.0 Å². The summed E-state index contributed by atoms with van der Waals surface area (Å²) in [5.74, 6) is -0.271. The number of methoxy groups -OCH3 is 1. The number of carbonyl (C=O) groups excluding carboxylic acids is 2. The van der Waals surface area contributed by atoms with Crippen LogP contribution in [0.4, 0.5) is 11.4 Å². The highest BCUT2D eigenvalue weighted by Gasteiger charge is 2.36. The number of benzene rings is 1. The Bertz CT molecular complexity index is 732. The van der Waals surface area contributed by atoms with Crippen LogP contribution in [0.25, 0.3) is 0 Å². The van der Waals surface area contributed by atoms with Crippen molar-refractivity contribution in [3.63, 3.8) is 0 Å². The number of fused-ring (bicyclic) bond motifs is 1. The number of carbonyl (C=O) groups is 2. The minimum Gasteiger partial charge on any atom is -0.468 e. The molecule has 23 heavy (non-hydrogen) atoms. The van der Waals surface area contributed by atoms with Gasteiger partial charge in [-0.3, -0.25) is 14.6 Å². The van der Waals surface area contributed by atoms with Gasteiger partial charge in [-0.15, -0.1) is 0 Å². The summed E-state index contributed by atoms with van der Waals surface area (Å²) in [4.78, 5) is 30.8. The Morgan fingerprint density at radius 2 is 2.04 bits per heavy atom. The largest absolute Gasteiger partial charge is 0.468 e. The van der Waals surface area contributed by atoms with E-state index in [0.29, 0.717) is 18.4 Å². The van der Waals surface area contributed by atoms with E-state index in [2.05, 4.69) is 18.8 Å². The van der Waals surface area contributed by atoms with E-state index in [1.807, 2.05) is 29.2 Å². The number of anilines is 1. The van der Waals surface area contributed by atoms with E-state index in [4.69, 9.17) is 4.74 Å². The molecule has 5 nitrogen and oxygen atoms in total. The number of allylic oxidation sites excluding steroid dienone is 2. The molecule has 1 aliphatic heterocycles. The van der Waals surface area contributed by atoms with E-state index in [-0.39, 0.29) is 23.7 Å². The van der Waals surface area contributed by atoms with Crippen LogP contribution < -0.4 is 4.90 Å². The van der Waals surface area contributed by atoms with Crippen molar-refractivity contribution in [1.82, 2.24) is 0 Å². The number of rotatable bonds is 2. The molecule has 120 valence electrons. The topological polar surface area (TPSA) is 59.0 Å². The van der Waals surface area contributed by atoms with Crippen LogP contribution in [0, 0.1) is 5.41 Å². The van der Waals surface area contributed by atoms with Crippen molar-refractivity contribution in [1.29, 1.82) is 0 Å². The van der Waals surface area contributed by atoms with Gasteiger partial charge in [0.05, 0.1) is 24.1 Å². The molecule has 2 aliphatic rings. The Hall–Kier alpha value is -2.43. The average molecular weight is 312 g/mol. The number of hydrogen-bond acceptors (Lipinski definition) is 5. The third kappa shape index (κ3) is 2.91. The number of para-hydroxylation sites is 2. The van der Waals surface area contributed by atoms with Crippen LogP contribution in [0.2, 0.25) is 0 Å². The van der Waals surface area contributed by atoms with Crippen molar-refractivity contribution >= 4 is 29.3 Å². The fourth-order valence-corrected chi connectivity index (χ4v) is 3.14. The fourth-order valence-electron chi connectivity index (χ4n) is 3.14. The van der Waals surface area contributed by atoms with Crippen LogP contribution in [0.3, 0.4) is 0 Å². The zero-order valence-corrected chi connectivity index (χ0v) is 13.6. The second kappa shape index (κ2) is 5.65. The molecule has 0 spiro atoms. The molecule has 0 aromatic heterocycles. The van der Waals surface area contributed by atoms with Crippen molar-refractivity contribution < 1.29 is 14.3 Å². The first-order valence-corrected chi connectivity index (χ1v) is 7.65. The van der Waals surface area contributed by atoms with Crippen molar-refractivity contribution in [2.24, 2.45) is 10.4 Å². The highest BCUT2D eigenvalue weighted by Crippen LogP contribution is 2.43. The molecule has 0 unspecified atom stereocenters. The van der Waals surface area contributed by atoms with E-state index in [1.54, 1.807) is 6.21 Å². The molecular weight excluding hydrogens is 292 g/mol. The zero-order valence-electron chi connectivity index (χ0n) is 13.6. The van der Waals surface area contributed by atoms with Gasteiger partial charge >= 0.3 is 5.97 Å².